The largest absolute Gasteiger partial charge is 0.494 e. The molecule has 0 radical (unpaired) electrons. The van der Waals surface area contributed by atoms with Crippen LogP contribution in [-0.2, 0) is 4.79 Å². The van der Waals surface area contributed by atoms with Gasteiger partial charge in [0, 0.05) is 12.1 Å². The van der Waals surface area contributed by atoms with Crippen molar-refractivity contribution < 1.29 is 23.4 Å². The lowest BCUT2D eigenvalue weighted by Gasteiger charge is -2.12. The zero-order valence-corrected chi connectivity index (χ0v) is 8.54. The molecule has 0 aliphatic carbocycles. The number of halogens is 2. The molecule has 3 N–H and O–H groups in total. The van der Waals surface area contributed by atoms with Gasteiger partial charge in [-0.05, 0) is 6.07 Å². The highest BCUT2D eigenvalue weighted by molar-refractivity contribution is 5.76. The van der Waals surface area contributed by atoms with E-state index in [-0.39, 0.29) is 17.9 Å². The Labute approximate surface area is 90.6 Å². The van der Waals surface area contributed by atoms with E-state index in [1.54, 1.807) is 0 Å². The molecule has 16 heavy (non-hydrogen) atoms. The molecule has 1 aromatic carbocycles. The normalized spacial score (nSPS) is 12.2. The van der Waals surface area contributed by atoms with Crippen molar-refractivity contribution in [2.75, 3.05) is 13.7 Å². The van der Waals surface area contributed by atoms with E-state index in [2.05, 4.69) is 4.74 Å². The van der Waals surface area contributed by atoms with Crippen molar-refractivity contribution in [2.45, 2.75) is 5.92 Å². The summed E-state index contributed by atoms with van der Waals surface area (Å²) >= 11 is 0. The summed E-state index contributed by atoms with van der Waals surface area (Å²) in [6.07, 6.45) is 0. The lowest BCUT2D eigenvalue weighted by atomic mass is 9.98. The van der Waals surface area contributed by atoms with E-state index in [4.69, 9.17) is 10.8 Å². The van der Waals surface area contributed by atoms with Crippen molar-refractivity contribution in [1.29, 1.82) is 0 Å². The van der Waals surface area contributed by atoms with Crippen LogP contribution in [0.4, 0.5) is 8.78 Å². The first-order valence-electron chi connectivity index (χ1n) is 4.47. The van der Waals surface area contributed by atoms with Crippen molar-refractivity contribution in [3.63, 3.8) is 0 Å². The molecular formula is C10H11F2NO3. The molecule has 0 saturated carbocycles. The molecule has 1 atom stereocenters. The average molecular weight is 231 g/mol. The third-order valence-electron chi connectivity index (χ3n) is 2.21. The minimum Gasteiger partial charge on any atom is -0.494 e. The number of carboxylic acids is 1. The van der Waals surface area contributed by atoms with Crippen molar-refractivity contribution in [3.05, 3.63) is 29.3 Å². The number of hydrogen-bond donors (Lipinski definition) is 2. The highest BCUT2D eigenvalue weighted by Gasteiger charge is 2.25. The zero-order valence-electron chi connectivity index (χ0n) is 8.54. The fraction of sp³-hybridized carbons (Fsp3) is 0.300. The van der Waals surface area contributed by atoms with Gasteiger partial charge in [0.2, 0.25) is 5.82 Å². The second-order valence-electron chi connectivity index (χ2n) is 3.11. The quantitative estimate of drug-likeness (QED) is 0.813. The molecule has 6 heteroatoms. The second kappa shape index (κ2) is 4.89. The molecule has 0 aromatic heterocycles. The Bertz CT molecular complexity index is 409. The Kier molecular flexibility index (Phi) is 3.78. The van der Waals surface area contributed by atoms with Crippen LogP contribution in [0.5, 0.6) is 5.75 Å². The molecule has 1 aromatic rings. The van der Waals surface area contributed by atoms with Gasteiger partial charge in [0.15, 0.2) is 11.6 Å². The van der Waals surface area contributed by atoms with Gasteiger partial charge in [0.05, 0.1) is 13.0 Å². The highest BCUT2D eigenvalue weighted by Crippen LogP contribution is 2.27. The van der Waals surface area contributed by atoms with Crippen LogP contribution in [0.3, 0.4) is 0 Å². The molecule has 4 nitrogen and oxygen atoms in total. The molecule has 1 rings (SSSR count). The van der Waals surface area contributed by atoms with E-state index in [0.717, 1.165) is 6.07 Å². The van der Waals surface area contributed by atoms with E-state index in [0.29, 0.717) is 0 Å². The van der Waals surface area contributed by atoms with Gasteiger partial charge in [0.1, 0.15) is 0 Å². The smallest absolute Gasteiger partial charge is 0.312 e. The summed E-state index contributed by atoms with van der Waals surface area (Å²) in [6.45, 7) is -0.308. The van der Waals surface area contributed by atoms with Gasteiger partial charge in [-0.15, -0.1) is 0 Å². The number of aliphatic carboxylic acids is 1. The molecule has 0 amide bonds. The summed E-state index contributed by atoms with van der Waals surface area (Å²) in [5.41, 5.74) is 4.91. The number of carboxylic acid groups (broad SMARTS) is 1. The van der Waals surface area contributed by atoms with Crippen LogP contribution in [0.2, 0.25) is 0 Å². The molecule has 0 bridgehead atoms. The average Bonchev–Trinajstić information content (AvgIpc) is 2.25. The first-order chi connectivity index (χ1) is 7.52. The maximum atomic E-state index is 13.5. The number of carbonyl (C=O) groups is 1. The number of nitrogens with two attached hydrogens (primary N) is 1. The highest BCUT2D eigenvalue weighted by atomic mass is 19.2. The van der Waals surface area contributed by atoms with Crippen molar-refractivity contribution in [3.8, 4) is 5.75 Å². The summed E-state index contributed by atoms with van der Waals surface area (Å²) in [7, 11) is 1.19. The second-order valence-corrected chi connectivity index (χ2v) is 3.11. The fourth-order valence-corrected chi connectivity index (χ4v) is 1.33. The number of ether oxygens (including phenoxy) is 1. The monoisotopic (exact) mass is 231 g/mol. The molecule has 0 aliphatic rings. The zero-order chi connectivity index (χ0) is 12.3. The Balaban J connectivity index is 3.25. The molecule has 0 heterocycles. The van der Waals surface area contributed by atoms with Crippen LogP contribution in [0, 0.1) is 11.6 Å². The van der Waals surface area contributed by atoms with Gasteiger partial charge >= 0.3 is 5.97 Å². The minimum atomic E-state index is -1.30. The number of benzene rings is 1. The number of rotatable bonds is 4. The maximum Gasteiger partial charge on any atom is 0.312 e. The third-order valence-corrected chi connectivity index (χ3v) is 2.21. The maximum absolute atomic E-state index is 13.5. The molecule has 88 valence electrons. The Morgan fingerprint density at radius 3 is 2.56 bits per heavy atom. The van der Waals surface area contributed by atoms with Crippen molar-refractivity contribution in [2.24, 2.45) is 5.73 Å². The van der Waals surface area contributed by atoms with E-state index in [1.165, 1.54) is 13.2 Å². The van der Waals surface area contributed by atoms with Gasteiger partial charge < -0.3 is 15.6 Å². The predicted molar refractivity (Wildman–Crippen MR) is 52.3 cm³/mol. The molecule has 0 fully saturated rings. The molecule has 0 aliphatic heterocycles. The van der Waals surface area contributed by atoms with Gasteiger partial charge in [-0.1, -0.05) is 6.07 Å². The van der Waals surface area contributed by atoms with Gasteiger partial charge in [-0.25, -0.2) is 4.39 Å². The van der Waals surface area contributed by atoms with Crippen LogP contribution in [0.25, 0.3) is 0 Å². The Hall–Kier alpha value is -1.69. The predicted octanol–water partition coefficient (Wildman–Crippen LogP) is 1.10. The molecular weight excluding hydrogens is 220 g/mol. The molecule has 0 saturated heterocycles. The summed E-state index contributed by atoms with van der Waals surface area (Å²) in [5.74, 6) is -5.29. The number of hydrogen-bond acceptors (Lipinski definition) is 3. The Morgan fingerprint density at radius 1 is 1.50 bits per heavy atom. The lowest BCUT2D eigenvalue weighted by molar-refractivity contribution is -0.138. The van der Waals surface area contributed by atoms with E-state index < -0.39 is 23.5 Å². The summed E-state index contributed by atoms with van der Waals surface area (Å²) in [6, 6.07) is 2.32. The summed E-state index contributed by atoms with van der Waals surface area (Å²) < 4.78 is 31.3. The standard InChI is InChI=1S/C10H11F2NO3/c1-16-7-3-2-5(8(11)9(7)12)6(4-13)10(14)15/h2-3,6H,4,13H2,1H3,(H,14,15). The van der Waals surface area contributed by atoms with Crippen LogP contribution in [-0.4, -0.2) is 24.7 Å². The number of methoxy groups -OCH3 is 1. The van der Waals surface area contributed by atoms with Crippen molar-refractivity contribution >= 4 is 5.97 Å². The molecule has 1 unspecified atom stereocenters. The van der Waals surface area contributed by atoms with Gasteiger partial charge in [-0.3, -0.25) is 4.79 Å². The first kappa shape index (κ1) is 12.4. The van der Waals surface area contributed by atoms with Gasteiger partial charge in [-0.2, -0.15) is 4.39 Å². The topological polar surface area (TPSA) is 72.5 Å². The Morgan fingerprint density at radius 2 is 2.12 bits per heavy atom. The van der Waals surface area contributed by atoms with E-state index in [9.17, 15) is 13.6 Å². The van der Waals surface area contributed by atoms with Crippen LogP contribution in [0.1, 0.15) is 11.5 Å². The minimum absolute atomic E-state index is 0.276. The van der Waals surface area contributed by atoms with E-state index in [1.807, 2.05) is 0 Å². The summed E-state index contributed by atoms with van der Waals surface area (Å²) in [4.78, 5) is 10.7. The van der Waals surface area contributed by atoms with Crippen molar-refractivity contribution in [1.82, 2.24) is 0 Å². The summed E-state index contributed by atoms with van der Waals surface area (Å²) in [5, 5.41) is 8.77. The fourth-order valence-electron chi connectivity index (χ4n) is 1.33. The van der Waals surface area contributed by atoms with E-state index >= 15 is 0 Å². The van der Waals surface area contributed by atoms with Crippen LogP contribution < -0.4 is 10.5 Å². The first-order valence-corrected chi connectivity index (χ1v) is 4.47. The van der Waals surface area contributed by atoms with Gasteiger partial charge in [0.25, 0.3) is 0 Å². The third kappa shape index (κ3) is 2.11. The molecule has 0 spiro atoms. The lowest BCUT2D eigenvalue weighted by Crippen LogP contribution is -2.22. The van der Waals surface area contributed by atoms with Crippen LogP contribution >= 0.6 is 0 Å². The van der Waals surface area contributed by atoms with Crippen LogP contribution in [0.15, 0.2) is 12.1 Å². The SMILES string of the molecule is COc1ccc(C(CN)C(=O)O)c(F)c1F.